The molecule has 0 atom stereocenters. The van der Waals surface area contributed by atoms with Gasteiger partial charge in [0.25, 0.3) is 5.91 Å². The molecule has 0 unspecified atom stereocenters. The van der Waals surface area contributed by atoms with Crippen molar-refractivity contribution < 1.29 is 4.79 Å². The van der Waals surface area contributed by atoms with Gasteiger partial charge in [0.15, 0.2) is 0 Å². The largest absolute Gasteiger partial charge is 0.360 e. The highest BCUT2D eigenvalue weighted by molar-refractivity contribution is 6.05. The van der Waals surface area contributed by atoms with Crippen molar-refractivity contribution >= 4 is 33.8 Å². The van der Waals surface area contributed by atoms with Crippen LogP contribution in [-0.2, 0) is 6.54 Å². The minimum atomic E-state index is -0.471. The predicted octanol–water partition coefficient (Wildman–Crippen LogP) is 3.47. The molecule has 154 valence electrons. The maximum Gasteiger partial charge on any atom is 0.263 e. The van der Waals surface area contributed by atoms with Gasteiger partial charge in [0.05, 0.1) is 11.0 Å². The third kappa shape index (κ3) is 3.71. The highest BCUT2D eigenvalue weighted by Gasteiger charge is 2.18. The van der Waals surface area contributed by atoms with Crippen LogP contribution in [0.1, 0.15) is 24.2 Å². The fourth-order valence-corrected chi connectivity index (χ4v) is 3.68. The van der Waals surface area contributed by atoms with Crippen molar-refractivity contribution in [2.24, 2.45) is 0 Å². The van der Waals surface area contributed by atoms with E-state index < -0.39 is 5.91 Å². The molecule has 4 aromatic rings. The number of nitrogens with one attached hydrogen (secondary N) is 2. The molecule has 0 aliphatic rings. The zero-order valence-electron chi connectivity index (χ0n) is 17.2. The number of carbonyl (C=O) groups is 1. The Kier molecular flexibility index (Phi) is 5.63. The number of fused-ring (bicyclic) bond motifs is 2. The van der Waals surface area contributed by atoms with Gasteiger partial charge in [-0.3, -0.25) is 14.9 Å². The summed E-state index contributed by atoms with van der Waals surface area (Å²) >= 11 is 0. The Bertz CT molecular complexity index is 1250. The molecule has 7 heteroatoms. The fraction of sp³-hybridized carbons (Fsp3) is 0.261. The molecule has 0 bridgehead atoms. The molecule has 7 nitrogen and oxygen atoms in total. The van der Waals surface area contributed by atoms with Crippen molar-refractivity contribution in [2.45, 2.75) is 20.4 Å². The quantitative estimate of drug-likeness (QED) is 0.495. The minimum absolute atomic E-state index is 0.0658. The van der Waals surface area contributed by atoms with E-state index in [1.165, 1.54) is 6.20 Å². The first kappa shape index (κ1) is 19.8. The third-order valence-electron chi connectivity index (χ3n) is 5.45. The lowest BCUT2D eigenvalue weighted by atomic mass is 10.1. The normalized spacial score (nSPS) is 11.4. The molecular weight excluding hydrogens is 378 g/mol. The van der Waals surface area contributed by atoms with E-state index in [1.807, 2.05) is 41.0 Å². The van der Waals surface area contributed by atoms with E-state index in [4.69, 9.17) is 0 Å². The molecule has 0 radical (unpaired) electrons. The van der Waals surface area contributed by atoms with Gasteiger partial charge in [-0.2, -0.15) is 0 Å². The van der Waals surface area contributed by atoms with E-state index in [-0.39, 0.29) is 11.0 Å². The Labute approximate surface area is 174 Å². The Morgan fingerprint density at radius 3 is 2.63 bits per heavy atom. The first-order valence-electron chi connectivity index (χ1n) is 10.2. The minimum Gasteiger partial charge on any atom is -0.360 e. The van der Waals surface area contributed by atoms with Crippen LogP contribution in [0.5, 0.6) is 0 Å². The summed E-state index contributed by atoms with van der Waals surface area (Å²) in [5.41, 5.74) is 2.22. The van der Waals surface area contributed by atoms with E-state index in [9.17, 15) is 9.59 Å². The second kappa shape index (κ2) is 8.51. The topological polar surface area (TPSA) is 83.0 Å². The van der Waals surface area contributed by atoms with Crippen molar-refractivity contribution in [1.82, 2.24) is 19.4 Å². The second-order valence-electron chi connectivity index (χ2n) is 7.13. The number of hydrogen-bond acceptors (Lipinski definition) is 4. The number of likely N-dealkylation sites (N-methyl/N-ethyl adjacent to an activating group) is 1. The maximum absolute atomic E-state index is 13.0. The number of nitrogens with zero attached hydrogens (tertiary/aromatic N) is 3. The summed E-state index contributed by atoms with van der Waals surface area (Å²) < 4.78 is 2.00. The molecule has 0 saturated carbocycles. The molecule has 1 amide bonds. The summed E-state index contributed by atoms with van der Waals surface area (Å²) in [6.45, 7) is 7.70. The maximum atomic E-state index is 13.0. The highest BCUT2D eigenvalue weighted by Crippen LogP contribution is 2.20. The number of aromatic amines is 1. The lowest BCUT2D eigenvalue weighted by Crippen LogP contribution is -2.28. The van der Waals surface area contributed by atoms with E-state index in [0.717, 1.165) is 30.7 Å². The van der Waals surface area contributed by atoms with E-state index >= 15 is 0 Å². The van der Waals surface area contributed by atoms with Crippen molar-refractivity contribution in [3.05, 3.63) is 70.5 Å². The number of imidazole rings is 1. The van der Waals surface area contributed by atoms with Crippen LogP contribution in [0.25, 0.3) is 21.9 Å². The van der Waals surface area contributed by atoms with Crippen molar-refractivity contribution in [3.8, 4) is 0 Å². The number of aromatic nitrogens is 3. The third-order valence-corrected chi connectivity index (χ3v) is 5.45. The van der Waals surface area contributed by atoms with Gasteiger partial charge in [0.1, 0.15) is 5.56 Å². The number of pyridine rings is 1. The summed E-state index contributed by atoms with van der Waals surface area (Å²) in [7, 11) is 0. The summed E-state index contributed by atoms with van der Waals surface area (Å²) in [6, 6.07) is 14.9. The number of carbonyl (C=O) groups excluding carboxylic acids is 1. The summed E-state index contributed by atoms with van der Waals surface area (Å²) in [5.74, 6) is -0.0256. The number of amides is 1. The van der Waals surface area contributed by atoms with Crippen molar-refractivity contribution in [1.29, 1.82) is 0 Å². The number of rotatable bonds is 7. The number of benzene rings is 2. The first-order valence-corrected chi connectivity index (χ1v) is 10.2. The summed E-state index contributed by atoms with van der Waals surface area (Å²) in [4.78, 5) is 35.7. The Hall–Kier alpha value is -3.45. The molecule has 2 heterocycles. The second-order valence-corrected chi connectivity index (χ2v) is 7.13. The number of H-pyrrole nitrogens is 1. The summed E-state index contributed by atoms with van der Waals surface area (Å²) in [6.07, 6.45) is 1.46. The Balaban J connectivity index is 1.68. The SMILES string of the molecule is CCN(CC)CCn1c(NC(=O)c2c[nH]c3ccccc3c2=O)nc2ccccc21. The molecule has 0 fully saturated rings. The predicted molar refractivity (Wildman–Crippen MR) is 120 cm³/mol. The van der Waals surface area contributed by atoms with Crippen LogP contribution in [0.3, 0.4) is 0 Å². The monoisotopic (exact) mass is 403 g/mol. The zero-order chi connectivity index (χ0) is 21.1. The van der Waals surface area contributed by atoms with Crippen LogP contribution < -0.4 is 10.7 Å². The molecule has 2 N–H and O–H groups in total. The van der Waals surface area contributed by atoms with Gasteiger partial charge in [0.2, 0.25) is 11.4 Å². The van der Waals surface area contributed by atoms with Crippen LogP contribution in [0, 0.1) is 0 Å². The molecular formula is C23H25N5O2. The summed E-state index contributed by atoms with van der Waals surface area (Å²) in [5, 5.41) is 3.34. The lowest BCUT2D eigenvalue weighted by Gasteiger charge is -2.19. The highest BCUT2D eigenvalue weighted by atomic mass is 16.2. The molecule has 0 saturated heterocycles. The first-order chi connectivity index (χ1) is 14.6. The van der Waals surface area contributed by atoms with Gasteiger partial charge >= 0.3 is 0 Å². The Morgan fingerprint density at radius 1 is 1.10 bits per heavy atom. The van der Waals surface area contributed by atoms with Crippen LogP contribution in [0.4, 0.5) is 5.95 Å². The van der Waals surface area contributed by atoms with Crippen molar-refractivity contribution in [3.63, 3.8) is 0 Å². The van der Waals surface area contributed by atoms with Crippen LogP contribution in [0.15, 0.2) is 59.5 Å². The van der Waals surface area contributed by atoms with Gasteiger partial charge in [0, 0.05) is 30.2 Å². The molecule has 0 aliphatic carbocycles. The average molecular weight is 403 g/mol. The molecule has 2 aromatic heterocycles. The van der Waals surface area contributed by atoms with Gasteiger partial charge in [-0.15, -0.1) is 0 Å². The fourth-order valence-electron chi connectivity index (χ4n) is 3.68. The van der Waals surface area contributed by atoms with Gasteiger partial charge < -0.3 is 14.5 Å². The van der Waals surface area contributed by atoms with Crippen molar-refractivity contribution in [2.75, 3.05) is 25.0 Å². The number of para-hydroxylation sites is 3. The van der Waals surface area contributed by atoms with Crippen LogP contribution >= 0.6 is 0 Å². The van der Waals surface area contributed by atoms with E-state index in [2.05, 4.69) is 34.0 Å². The van der Waals surface area contributed by atoms with E-state index in [1.54, 1.807) is 12.1 Å². The number of anilines is 1. The smallest absolute Gasteiger partial charge is 0.263 e. The van der Waals surface area contributed by atoms with E-state index in [0.29, 0.717) is 23.4 Å². The number of hydrogen-bond donors (Lipinski definition) is 2. The molecule has 0 aliphatic heterocycles. The molecule has 4 rings (SSSR count). The lowest BCUT2D eigenvalue weighted by molar-refractivity contribution is 0.102. The van der Waals surface area contributed by atoms with Crippen LogP contribution in [-0.4, -0.2) is 45.0 Å². The molecule has 0 spiro atoms. The van der Waals surface area contributed by atoms with Gasteiger partial charge in [-0.25, -0.2) is 4.98 Å². The standard InChI is InChI=1S/C23H25N5O2/c1-3-27(4-2)13-14-28-20-12-8-7-11-19(20)25-23(28)26-22(30)17-15-24-18-10-6-5-9-16(18)21(17)29/h5-12,15H,3-4,13-14H2,1-2H3,(H,24,29)(H,25,26,30). The average Bonchev–Trinajstić information content (AvgIpc) is 3.12. The van der Waals surface area contributed by atoms with Gasteiger partial charge in [-0.05, 0) is 37.4 Å². The van der Waals surface area contributed by atoms with Crippen LogP contribution in [0.2, 0.25) is 0 Å². The molecule has 30 heavy (non-hydrogen) atoms. The Morgan fingerprint density at radius 2 is 1.83 bits per heavy atom. The van der Waals surface area contributed by atoms with Gasteiger partial charge in [-0.1, -0.05) is 38.1 Å². The zero-order valence-corrected chi connectivity index (χ0v) is 17.2. The molecule has 2 aromatic carbocycles.